The highest BCUT2D eigenvalue weighted by Gasteiger charge is 2.36. The summed E-state index contributed by atoms with van der Waals surface area (Å²) >= 11 is 6.18. The summed E-state index contributed by atoms with van der Waals surface area (Å²) in [6.45, 7) is 15.2. The van der Waals surface area contributed by atoms with Gasteiger partial charge in [-0.15, -0.1) is 0 Å². The zero-order chi connectivity index (χ0) is 33.1. The number of nitrogens with one attached hydrogen (secondary N) is 3. The lowest BCUT2D eigenvalue weighted by molar-refractivity contribution is -0.134. The minimum atomic E-state index is -0.509. The number of pyridine rings is 1. The number of hydrogen-bond donors (Lipinski definition) is 3. The van der Waals surface area contributed by atoms with Crippen LogP contribution < -0.4 is 10.6 Å². The van der Waals surface area contributed by atoms with E-state index in [-0.39, 0.29) is 23.9 Å². The van der Waals surface area contributed by atoms with Gasteiger partial charge in [0.1, 0.15) is 0 Å². The zero-order valence-electron chi connectivity index (χ0n) is 27.5. The fourth-order valence-corrected chi connectivity index (χ4v) is 6.29. The van der Waals surface area contributed by atoms with Crippen molar-refractivity contribution in [2.45, 2.75) is 79.6 Å². The Kier molecular flexibility index (Phi) is 9.91. The van der Waals surface area contributed by atoms with Crippen LogP contribution in [-0.2, 0) is 17.6 Å². The van der Waals surface area contributed by atoms with Crippen LogP contribution in [0.2, 0.25) is 5.02 Å². The third-order valence-electron chi connectivity index (χ3n) is 8.64. The van der Waals surface area contributed by atoms with Crippen molar-refractivity contribution in [3.8, 4) is 0 Å². The van der Waals surface area contributed by atoms with Gasteiger partial charge in [0.25, 0.3) is 11.8 Å². The molecule has 0 aliphatic carbocycles. The number of amides is 2. The number of para-hydroxylation sites is 1. The third kappa shape index (κ3) is 6.42. The number of aromatic amines is 1. The van der Waals surface area contributed by atoms with Crippen molar-refractivity contribution in [2.24, 2.45) is 0 Å². The molecule has 1 aromatic carbocycles. The Labute approximate surface area is 275 Å². The van der Waals surface area contributed by atoms with Gasteiger partial charge in [-0.25, -0.2) is 4.98 Å². The van der Waals surface area contributed by atoms with Gasteiger partial charge in [-0.1, -0.05) is 37.6 Å². The molecule has 7 rings (SSSR count). The highest BCUT2D eigenvalue weighted by molar-refractivity contribution is 6.34. The molecule has 4 aromatic rings. The Morgan fingerprint density at radius 3 is 2.30 bits per heavy atom. The van der Waals surface area contributed by atoms with Crippen molar-refractivity contribution in [3.05, 3.63) is 93.3 Å². The van der Waals surface area contributed by atoms with Crippen LogP contribution in [0.15, 0.2) is 42.7 Å². The summed E-state index contributed by atoms with van der Waals surface area (Å²) in [4.78, 5) is 50.0. The first-order valence-electron chi connectivity index (χ1n) is 15.8. The number of imidazole rings is 1. The number of carbonyl (C=O) groups excluding carboxylic acids is 2. The van der Waals surface area contributed by atoms with E-state index in [2.05, 4.69) is 48.5 Å². The van der Waals surface area contributed by atoms with Crippen LogP contribution in [0.4, 0.5) is 11.4 Å². The highest BCUT2D eigenvalue weighted by Crippen LogP contribution is 2.37. The lowest BCUT2D eigenvalue weighted by Crippen LogP contribution is -2.48. The van der Waals surface area contributed by atoms with Crippen LogP contribution in [0, 0.1) is 20.8 Å². The van der Waals surface area contributed by atoms with Gasteiger partial charge in [0, 0.05) is 55.4 Å². The standard InChI is InChI=1S/C16H16ClN5O.C16H20N4O.C2H6/c1-9-13-11(18-6-7-19-13)5-8-22(9)16(23)15-20-12-4-2-3-10(17)14(12)21-15;1-9-5-6-13-12(4)20(8-7-14(13)17-9)16(21)15-18-10(2)11(3)19-15;1-2/h2-4,6-7,9,15,20-21H,5,8H2,1H3;5-6,12H,7-8H2,1-4H3,(H,18,19);1-2H3. The summed E-state index contributed by atoms with van der Waals surface area (Å²) in [7, 11) is 0. The lowest BCUT2D eigenvalue weighted by atomic mass is 9.97. The fraction of sp³-hybridized carbons (Fsp3) is 0.412. The first-order chi connectivity index (χ1) is 22.1. The van der Waals surface area contributed by atoms with E-state index in [4.69, 9.17) is 11.6 Å². The average molecular weight is 644 g/mol. The summed E-state index contributed by atoms with van der Waals surface area (Å²) in [5.74, 6) is 0.381. The number of H-pyrrole nitrogens is 1. The Morgan fingerprint density at radius 1 is 0.870 bits per heavy atom. The van der Waals surface area contributed by atoms with E-state index in [1.165, 1.54) is 0 Å². The number of hydrogen-bond acceptors (Lipinski definition) is 8. The van der Waals surface area contributed by atoms with Crippen molar-refractivity contribution in [1.82, 2.24) is 34.7 Å². The molecule has 242 valence electrons. The molecule has 6 heterocycles. The molecule has 3 N–H and O–H groups in total. The predicted molar refractivity (Wildman–Crippen MR) is 180 cm³/mol. The lowest BCUT2D eigenvalue weighted by Gasteiger charge is -2.35. The zero-order valence-corrected chi connectivity index (χ0v) is 28.2. The Hall–Kier alpha value is -4.51. The average Bonchev–Trinajstić information content (AvgIpc) is 3.66. The van der Waals surface area contributed by atoms with Crippen LogP contribution in [0.3, 0.4) is 0 Å². The van der Waals surface area contributed by atoms with Gasteiger partial charge in [-0.2, -0.15) is 0 Å². The number of aromatic nitrogens is 5. The molecular weight excluding hydrogens is 602 g/mol. The number of benzene rings is 1. The maximum absolute atomic E-state index is 12.9. The molecule has 0 bridgehead atoms. The van der Waals surface area contributed by atoms with E-state index in [1.54, 1.807) is 18.5 Å². The largest absolute Gasteiger partial charge is 0.356 e. The Balaban J connectivity index is 0.000000173. The Bertz CT molecular complexity index is 1720. The minimum absolute atomic E-state index is 0.0129. The molecular formula is C34H42ClN9O2. The Morgan fingerprint density at radius 2 is 1.59 bits per heavy atom. The van der Waals surface area contributed by atoms with Crippen LogP contribution >= 0.6 is 11.6 Å². The quantitative estimate of drug-likeness (QED) is 0.244. The first kappa shape index (κ1) is 32.9. The summed E-state index contributed by atoms with van der Waals surface area (Å²) in [6.07, 6.45) is 4.38. The number of carbonyl (C=O) groups is 2. The summed E-state index contributed by atoms with van der Waals surface area (Å²) in [6, 6.07) is 9.59. The summed E-state index contributed by atoms with van der Waals surface area (Å²) < 4.78 is 0. The number of fused-ring (bicyclic) bond motifs is 3. The van der Waals surface area contributed by atoms with Gasteiger partial charge in [0.2, 0.25) is 0 Å². The van der Waals surface area contributed by atoms with E-state index in [9.17, 15) is 9.59 Å². The van der Waals surface area contributed by atoms with E-state index < -0.39 is 6.17 Å². The van der Waals surface area contributed by atoms with Crippen molar-refractivity contribution >= 4 is 34.8 Å². The monoisotopic (exact) mass is 643 g/mol. The maximum Gasteiger partial charge on any atom is 0.290 e. The van der Waals surface area contributed by atoms with Crippen LogP contribution in [0.1, 0.15) is 90.1 Å². The minimum Gasteiger partial charge on any atom is -0.356 e. The molecule has 3 aromatic heterocycles. The molecule has 2 amide bonds. The van der Waals surface area contributed by atoms with Crippen LogP contribution in [-0.4, -0.2) is 65.8 Å². The molecule has 3 aliphatic heterocycles. The molecule has 3 aliphatic rings. The van der Waals surface area contributed by atoms with E-state index in [0.29, 0.717) is 23.9 Å². The van der Waals surface area contributed by atoms with E-state index >= 15 is 0 Å². The third-order valence-corrected chi connectivity index (χ3v) is 8.95. The maximum atomic E-state index is 12.9. The van der Waals surface area contributed by atoms with Crippen molar-refractivity contribution in [3.63, 3.8) is 0 Å². The number of aryl methyl sites for hydroxylation is 3. The molecule has 0 fully saturated rings. The van der Waals surface area contributed by atoms with Crippen LogP contribution in [0.5, 0.6) is 0 Å². The van der Waals surface area contributed by atoms with Gasteiger partial charge in [-0.05, 0) is 58.4 Å². The fourth-order valence-electron chi connectivity index (χ4n) is 6.06. The molecule has 11 nitrogen and oxygen atoms in total. The molecule has 46 heavy (non-hydrogen) atoms. The number of anilines is 2. The van der Waals surface area contributed by atoms with Crippen molar-refractivity contribution < 1.29 is 9.59 Å². The number of nitrogens with zero attached hydrogens (tertiary/aromatic N) is 6. The van der Waals surface area contributed by atoms with Crippen molar-refractivity contribution in [2.75, 3.05) is 23.7 Å². The molecule has 0 saturated carbocycles. The molecule has 0 radical (unpaired) electrons. The molecule has 3 unspecified atom stereocenters. The van der Waals surface area contributed by atoms with Crippen LogP contribution in [0.25, 0.3) is 0 Å². The van der Waals surface area contributed by atoms with Gasteiger partial charge in [0.05, 0.1) is 45.6 Å². The van der Waals surface area contributed by atoms with E-state index in [1.807, 2.05) is 69.5 Å². The second-order valence-electron chi connectivity index (χ2n) is 11.4. The molecule has 3 atom stereocenters. The SMILES string of the molecule is CC.CC1c2nccnc2CCN1C(=O)C1Nc2cccc(Cl)c2N1.Cc1ccc2c(n1)CCN(C(=O)c1nc(C)c(C)[nH]1)C2C. The second-order valence-corrected chi connectivity index (χ2v) is 11.8. The topological polar surface area (TPSA) is 132 Å². The second kappa shape index (κ2) is 13.9. The summed E-state index contributed by atoms with van der Waals surface area (Å²) in [5.41, 5.74) is 8.57. The summed E-state index contributed by atoms with van der Waals surface area (Å²) in [5, 5.41) is 6.97. The van der Waals surface area contributed by atoms with Gasteiger partial charge >= 0.3 is 0 Å². The van der Waals surface area contributed by atoms with Gasteiger partial charge in [0.15, 0.2) is 12.0 Å². The highest BCUT2D eigenvalue weighted by atomic mass is 35.5. The van der Waals surface area contributed by atoms with Crippen molar-refractivity contribution in [1.29, 1.82) is 0 Å². The predicted octanol–water partition coefficient (Wildman–Crippen LogP) is 5.96. The number of halogens is 1. The molecule has 0 spiro atoms. The normalized spacial score (nSPS) is 19.2. The van der Waals surface area contributed by atoms with E-state index in [0.717, 1.165) is 63.9 Å². The first-order valence-corrected chi connectivity index (χ1v) is 16.2. The molecule has 12 heteroatoms. The van der Waals surface area contributed by atoms with Gasteiger partial charge < -0.3 is 25.4 Å². The van der Waals surface area contributed by atoms with Gasteiger partial charge in [-0.3, -0.25) is 24.5 Å². The number of rotatable bonds is 2. The smallest absolute Gasteiger partial charge is 0.290 e. The molecule has 0 saturated heterocycles.